The molecule has 0 spiro atoms. The van der Waals surface area contributed by atoms with Gasteiger partial charge in [0.25, 0.3) is 0 Å². The molecule has 30 heavy (non-hydrogen) atoms. The van der Waals surface area contributed by atoms with Crippen molar-refractivity contribution in [2.45, 2.75) is 38.9 Å². The Kier molecular flexibility index (Phi) is 9.55. The van der Waals surface area contributed by atoms with Crippen LogP contribution in [0.1, 0.15) is 31.7 Å². The Morgan fingerprint density at radius 1 is 1.10 bits per heavy atom. The smallest absolute Gasteiger partial charge is 0.389 e. The van der Waals surface area contributed by atoms with Crippen LogP contribution in [0.25, 0.3) is 0 Å². The second-order valence-corrected chi connectivity index (χ2v) is 7.25. The zero-order valence-corrected chi connectivity index (χ0v) is 18.1. The van der Waals surface area contributed by atoms with Crippen LogP contribution in [-0.2, 0) is 6.54 Å². The van der Waals surface area contributed by atoms with E-state index < -0.39 is 12.6 Å². The molecule has 9 heteroatoms. The number of guanidine groups is 1. The Morgan fingerprint density at radius 3 is 2.43 bits per heavy atom. The van der Waals surface area contributed by atoms with Crippen molar-refractivity contribution in [1.29, 1.82) is 0 Å². The van der Waals surface area contributed by atoms with E-state index in [1.165, 1.54) is 0 Å². The molecule has 6 nitrogen and oxygen atoms in total. The molecule has 1 saturated heterocycles. The van der Waals surface area contributed by atoms with E-state index in [4.69, 9.17) is 9.47 Å². The summed E-state index contributed by atoms with van der Waals surface area (Å²) >= 11 is 0. The number of benzene rings is 1. The Bertz CT molecular complexity index is 675. The third-order valence-electron chi connectivity index (χ3n) is 5.02. The molecule has 0 radical (unpaired) electrons. The molecule has 0 saturated carbocycles. The van der Waals surface area contributed by atoms with E-state index in [0.29, 0.717) is 13.0 Å². The second kappa shape index (κ2) is 11.9. The van der Waals surface area contributed by atoms with Crippen molar-refractivity contribution < 1.29 is 22.6 Å². The average Bonchev–Trinajstić information content (AvgIpc) is 2.72. The van der Waals surface area contributed by atoms with Gasteiger partial charge in [-0.25, -0.2) is 0 Å². The van der Waals surface area contributed by atoms with Gasteiger partial charge in [-0.2, -0.15) is 13.2 Å². The minimum absolute atomic E-state index is 0.114. The lowest BCUT2D eigenvalue weighted by Crippen LogP contribution is -2.52. The SMILES string of the molecule is CCNC(=NCCCCC(F)(F)F)N1CCN(Cc2cc(OC)ccc2OC)CC1. The lowest BCUT2D eigenvalue weighted by atomic mass is 10.1. The standard InChI is InChI=1S/C21H33F3N4O2/c1-4-25-20(26-10-6-5-9-21(22,23)24)28-13-11-27(12-14-28)16-17-15-18(29-2)7-8-19(17)30-3/h7-8,15H,4-6,9-14,16H2,1-3H3,(H,25,26). The van der Waals surface area contributed by atoms with Crippen molar-refractivity contribution in [2.24, 2.45) is 4.99 Å². The number of hydrogen-bond donors (Lipinski definition) is 1. The van der Waals surface area contributed by atoms with Gasteiger partial charge in [-0.3, -0.25) is 9.89 Å². The summed E-state index contributed by atoms with van der Waals surface area (Å²) in [6.07, 6.45) is -4.28. The van der Waals surface area contributed by atoms with Gasteiger partial charge in [0.2, 0.25) is 0 Å². The minimum Gasteiger partial charge on any atom is -0.497 e. The summed E-state index contributed by atoms with van der Waals surface area (Å²) in [5.74, 6) is 2.42. The maximum atomic E-state index is 12.3. The van der Waals surface area contributed by atoms with Crippen LogP contribution < -0.4 is 14.8 Å². The number of unbranched alkanes of at least 4 members (excludes halogenated alkanes) is 1. The molecule has 1 aromatic rings. The van der Waals surface area contributed by atoms with Gasteiger partial charge in [-0.1, -0.05) is 0 Å². The average molecular weight is 431 g/mol. The quantitative estimate of drug-likeness (QED) is 0.369. The third-order valence-corrected chi connectivity index (χ3v) is 5.02. The van der Waals surface area contributed by atoms with Crippen LogP contribution in [-0.4, -0.2) is 75.4 Å². The van der Waals surface area contributed by atoms with Crippen molar-refractivity contribution in [3.8, 4) is 11.5 Å². The van der Waals surface area contributed by atoms with Gasteiger partial charge in [-0.05, 0) is 38.0 Å². The molecule has 0 atom stereocenters. The molecule has 0 bridgehead atoms. The van der Waals surface area contributed by atoms with Gasteiger partial charge < -0.3 is 19.7 Å². The number of rotatable bonds is 9. The summed E-state index contributed by atoms with van der Waals surface area (Å²) in [5.41, 5.74) is 1.08. The summed E-state index contributed by atoms with van der Waals surface area (Å²) in [6.45, 7) is 7.21. The molecular weight excluding hydrogens is 397 g/mol. The van der Waals surface area contributed by atoms with Gasteiger partial charge >= 0.3 is 6.18 Å². The predicted molar refractivity (Wildman–Crippen MR) is 112 cm³/mol. The summed E-state index contributed by atoms with van der Waals surface area (Å²) < 4.78 is 47.6. The fourth-order valence-electron chi connectivity index (χ4n) is 3.41. The van der Waals surface area contributed by atoms with Crippen molar-refractivity contribution in [2.75, 3.05) is 53.5 Å². The van der Waals surface area contributed by atoms with Crippen molar-refractivity contribution in [1.82, 2.24) is 15.1 Å². The molecule has 1 heterocycles. The predicted octanol–water partition coefficient (Wildman–Crippen LogP) is 3.52. The van der Waals surface area contributed by atoms with Gasteiger partial charge in [-0.15, -0.1) is 0 Å². The lowest BCUT2D eigenvalue weighted by molar-refractivity contribution is -0.135. The van der Waals surface area contributed by atoms with Crippen LogP contribution in [0.15, 0.2) is 23.2 Å². The number of halogens is 3. The first kappa shape index (κ1) is 24.1. The Hall–Kier alpha value is -2.16. The van der Waals surface area contributed by atoms with E-state index in [1.54, 1.807) is 14.2 Å². The number of nitrogens with one attached hydrogen (secondary N) is 1. The van der Waals surface area contributed by atoms with E-state index in [-0.39, 0.29) is 6.42 Å². The van der Waals surface area contributed by atoms with Gasteiger partial charge in [0.15, 0.2) is 5.96 Å². The number of methoxy groups -OCH3 is 2. The summed E-state index contributed by atoms with van der Waals surface area (Å²) in [4.78, 5) is 9.05. The maximum absolute atomic E-state index is 12.3. The highest BCUT2D eigenvalue weighted by Crippen LogP contribution is 2.26. The molecule has 1 N–H and O–H groups in total. The number of piperazine rings is 1. The first-order valence-electron chi connectivity index (χ1n) is 10.4. The first-order valence-corrected chi connectivity index (χ1v) is 10.4. The number of aliphatic imine (C=N–C) groups is 1. The third kappa shape index (κ3) is 7.93. The van der Waals surface area contributed by atoms with E-state index in [9.17, 15) is 13.2 Å². The Balaban J connectivity index is 1.87. The summed E-state index contributed by atoms with van der Waals surface area (Å²) in [6, 6.07) is 5.80. The van der Waals surface area contributed by atoms with Crippen LogP contribution in [0.2, 0.25) is 0 Å². The largest absolute Gasteiger partial charge is 0.497 e. The van der Waals surface area contributed by atoms with E-state index >= 15 is 0 Å². The highest BCUT2D eigenvalue weighted by Gasteiger charge is 2.26. The van der Waals surface area contributed by atoms with Crippen molar-refractivity contribution in [3.05, 3.63) is 23.8 Å². The highest BCUT2D eigenvalue weighted by molar-refractivity contribution is 5.80. The number of nitrogens with zero attached hydrogens (tertiary/aromatic N) is 3. The second-order valence-electron chi connectivity index (χ2n) is 7.25. The van der Waals surface area contributed by atoms with Crippen molar-refractivity contribution >= 4 is 5.96 Å². The molecule has 170 valence electrons. The monoisotopic (exact) mass is 430 g/mol. The maximum Gasteiger partial charge on any atom is 0.389 e. The van der Waals surface area contributed by atoms with Crippen LogP contribution in [0.4, 0.5) is 13.2 Å². The molecule has 1 aliphatic heterocycles. The fourth-order valence-corrected chi connectivity index (χ4v) is 3.41. The van der Waals surface area contributed by atoms with Gasteiger partial charge in [0.1, 0.15) is 11.5 Å². The molecular formula is C21H33F3N4O2. The summed E-state index contributed by atoms with van der Waals surface area (Å²) in [7, 11) is 3.31. The first-order chi connectivity index (χ1) is 14.4. The zero-order valence-electron chi connectivity index (χ0n) is 18.1. The normalized spacial score (nSPS) is 15.9. The molecule has 0 amide bonds. The number of hydrogen-bond acceptors (Lipinski definition) is 4. The molecule has 0 aliphatic carbocycles. The van der Waals surface area contributed by atoms with Gasteiger partial charge in [0.05, 0.1) is 14.2 Å². The Morgan fingerprint density at radius 2 is 1.83 bits per heavy atom. The van der Waals surface area contributed by atoms with Crippen LogP contribution >= 0.6 is 0 Å². The molecule has 0 unspecified atom stereocenters. The van der Waals surface area contributed by atoms with Crippen LogP contribution in [0, 0.1) is 0 Å². The van der Waals surface area contributed by atoms with Crippen molar-refractivity contribution in [3.63, 3.8) is 0 Å². The molecule has 1 fully saturated rings. The number of ether oxygens (including phenoxy) is 2. The topological polar surface area (TPSA) is 49.3 Å². The highest BCUT2D eigenvalue weighted by atomic mass is 19.4. The molecule has 1 aliphatic rings. The molecule has 2 rings (SSSR count). The van der Waals surface area contributed by atoms with E-state index in [2.05, 4.69) is 20.1 Å². The van der Waals surface area contributed by atoms with E-state index in [0.717, 1.165) is 62.3 Å². The van der Waals surface area contributed by atoms with Crippen LogP contribution in [0.3, 0.4) is 0 Å². The zero-order chi connectivity index (χ0) is 22.0. The minimum atomic E-state index is -4.09. The summed E-state index contributed by atoms with van der Waals surface area (Å²) in [5, 5.41) is 3.26. The van der Waals surface area contributed by atoms with Crippen LogP contribution in [0.5, 0.6) is 11.5 Å². The Labute approximate surface area is 177 Å². The molecule has 0 aromatic heterocycles. The van der Waals surface area contributed by atoms with Gasteiger partial charge in [0, 0.05) is 57.8 Å². The van der Waals surface area contributed by atoms with E-state index in [1.807, 2.05) is 25.1 Å². The lowest BCUT2D eigenvalue weighted by Gasteiger charge is -2.36. The molecule has 1 aromatic carbocycles. The fraction of sp³-hybridized carbons (Fsp3) is 0.667. The number of alkyl halides is 3.